The summed E-state index contributed by atoms with van der Waals surface area (Å²) in [6.07, 6.45) is 1.38. The van der Waals surface area contributed by atoms with Crippen molar-refractivity contribution in [1.82, 2.24) is 10.3 Å². The summed E-state index contributed by atoms with van der Waals surface area (Å²) in [4.78, 5) is 14.0. The van der Waals surface area contributed by atoms with Crippen molar-refractivity contribution in [2.24, 2.45) is 5.84 Å². The maximum atomic E-state index is 12.2. The molecule has 18 heavy (non-hydrogen) atoms. The van der Waals surface area contributed by atoms with E-state index in [1.54, 1.807) is 4.90 Å². The van der Waals surface area contributed by atoms with Crippen LogP contribution in [0.5, 0.6) is 0 Å². The molecule has 1 aromatic carbocycles. The van der Waals surface area contributed by atoms with Crippen molar-refractivity contribution in [3.8, 4) is 0 Å². The first-order valence-electron chi connectivity index (χ1n) is 6.23. The minimum atomic E-state index is -0.338. The van der Waals surface area contributed by atoms with Crippen LogP contribution in [-0.4, -0.2) is 34.6 Å². The average Bonchev–Trinajstić information content (AvgIpc) is 2.75. The second kappa shape index (κ2) is 4.35. The lowest BCUT2D eigenvalue weighted by atomic mass is 9.89. The highest BCUT2D eigenvalue weighted by molar-refractivity contribution is 5.85. The van der Waals surface area contributed by atoms with Crippen LogP contribution in [0.25, 0.3) is 0 Å². The normalized spacial score (nSPS) is 30.2. The van der Waals surface area contributed by atoms with E-state index in [1.165, 1.54) is 11.1 Å². The van der Waals surface area contributed by atoms with Crippen LogP contribution in [0.1, 0.15) is 23.6 Å². The lowest BCUT2D eigenvalue weighted by Crippen LogP contribution is -2.48. The third kappa shape index (κ3) is 1.55. The van der Waals surface area contributed by atoms with Crippen LogP contribution in [0.4, 0.5) is 0 Å². The highest BCUT2D eigenvalue weighted by atomic mass is 16.3. The van der Waals surface area contributed by atoms with Gasteiger partial charge >= 0.3 is 0 Å². The zero-order valence-corrected chi connectivity index (χ0v) is 10.0. The third-order valence-corrected chi connectivity index (χ3v) is 4.02. The summed E-state index contributed by atoms with van der Waals surface area (Å²) in [5, 5.41) is 9.49. The van der Waals surface area contributed by atoms with Crippen LogP contribution < -0.4 is 11.3 Å². The first-order chi connectivity index (χ1) is 8.76. The molecule has 0 bridgehead atoms. The van der Waals surface area contributed by atoms with Gasteiger partial charge in [-0.3, -0.25) is 10.6 Å². The molecule has 3 rings (SSSR count). The Balaban J connectivity index is 2.04. The first kappa shape index (κ1) is 11.6. The van der Waals surface area contributed by atoms with Gasteiger partial charge in [0.05, 0.1) is 18.7 Å². The maximum Gasteiger partial charge on any atom is 0.242 e. The molecule has 0 radical (unpaired) electrons. The van der Waals surface area contributed by atoms with Crippen molar-refractivity contribution < 1.29 is 9.90 Å². The van der Waals surface area contributed by atoms with E-state index >= 15 is 0 Å². The molecule has 5 nitrogen and oxygen atoms in total. The van der Waals surface area contributed by atoms with E-state index in [-0.39, 0.29) is 30.6 Å². The number of carbonyl (C=O) groups is 1. The predicted octanol–water partition coefficient (Wildman–Crippen LogP) is -0.291. The zero-order valence-electron chi connectivity index (χ0n) is 10.0. The van der Waals surface area contributed by atoms with E-state index < -0.39 is 0 Å². The Morgan fingerprint density at radius 1 is 1.44 bits per heavy atom. The van der Waals surface area contributed by atoms with Crippen molar-refractivity contribution >= 4 is 5.91 Å². The Labute approximate surface area is 106 Å². The summed E-state index contributed by atoms with van der Waals surface area (Å²) < 4.78 is 0. The summed E-state index contributed by atoms with van der Waals surface area (Å²) in [5.74, 6) is 5.42. The number of nitrogens with two attached hydrogens (primary N) is 1. The fraction of sp³-hybridized carbons (Fsp3) is 0.462. The van der Waals surface area contributed by atoms with E-state index in [0.29, 0.717) is 12.8 Å². The maximum absolute atomic E-state index is 12.2. The van der Waals surface area contributed by atoms with E-state index in [1.807, 2.05) is 12.1 Å². The van der Waals surface area contributed by atoms with Gasteiger partial charge in [0, 0.05) is 0 Å². The number of fused-ring (bicyclic) bond motifs is 3. The van der Waals surface area contributed by atoms with Crippen molar-refractivity contribution in [1.29, 1.82) is 0 Å². The van der Waals surface area contributed by atoms with Crippen LogP contribution in [0.15, 0.2) is 24.3 Å². The smallest absolute Gasteiger partial charge is 0.242 e. The number of aliphatic hydroxyl groups excluding tert-OH is 1. The van der Waals surface area contributed by atoms with E-state index in [0.717, 1.165) is 0 Å². The molecule has 0 aromatic heterocycles. The molecule has 3 atom stereocenters. The Kier molecular flexibility index (Phi) is 2.81. The van der Waals surface area contributed by atoms with Gasteiger partial charge in [-0.2, -0.15) is 0 Å². The number of hydrazine groups is 1. The topological polar surface area (TPSA) is 78.6 Å². The Bertz CT molecular complexity index is 477. The van der Waals surface area contributed by atoms with Crippen molar-refractivity contribution in [2.75, 3.05) is 6.61 Å². The first-order valence-corrected chi connectivity index (χ1v) is 6.23. The van der Waals surface area contributed by atoms with Gasteiger partial charge in [0.1, 0.15) is 6.04 Å². The molecule has 1 amide bonds. The molecule has 4 N–H and O–H groups in total. The number of hydrogen-bond acceptors (Lipinski definition) is 4. The monoisotopic (exact) mass is 247 g/mol. The van der Waals surface area contributed by atoms with Crippen LogP contribution in [0.2, 0.25) is 0 Å². The number of nitrogens with one attached hydrogen (secondary N) is 1. The molecular formula is C13H17N3O2. The van der Waals surface area contributed by atoms with E-state index in [2.05, 4.69) is 17.6 Å². The molecule has 2 heterocycles. The third-order valence-electron chi connectivity index (χ3n) is 4.02. The molecule has 0 unspecified atom stereocenters. The average molecular weight is 247 g/mol. The van der Waals surface area contributed by atoms with E-state index in [4.69, 9.17) is 5.84 Å². The van der Waals surface area contributed by atoms with Gasteiger partial charge < -0.3 is 10.0 Å². The Morgan fingerprint density at radius 3 is 2.94 bits per heavy atom. The number of hydrogen-bond donors (Lipinski definition) is 3. The molecule has 1 fully saturated rings. The molecular weight excluding hydrogens is 230 g/mol. The van der Waals surface area contributed by atoms with E-state index in [9.17, 15) is 9.90 Å². The van der Waals surface area contributed by atoms with Gasteiger partial charge in [-0.1, -0.05) is 24.3 Å². The van der Waals surface area contributed by atoms with Crippen LogP contribution in [0, 0.1) is 0 Å². The second-order valence-corrected chi connectivity index (χ2v) is 4.96. The molecule has 1 aromatic rings. The fourth-order valence-corrected chi connectivity index (χ4v) is 3.17. The number of carbonyl (C=O) groups excluding carboxylic acids is 1. The number of benzene rings is 1. The summed E-state index contributed by atoms with van der Waals surface area (Å²) in [6, 6.07) is 7.70. The molecule has 0 saturated carbocycles. The quantitative estimate of drug-likeness (QED) is 0.495. The number of aliphatic hydroxyl groups is 1. The summed E-state index contributed by atoms with van der Waals surface area (Å²) >= 11 is 0. The number of rotatable bonds is 2. The van der Waals surface area contributed by atoms with Crippen molar-refractivity contribution in [3.05, 3.63) is 35.4 Å². The van der Waals surface area contributed by atoms with Gasteiger partial charge in [0.15, 0.2) is 0 Å². The summed E-state index contributed by atoms with van der Waals surface area (Å²) in [6.45, 7) is -0.00609. The van der Waals surface area contributed by atoms with Crippen LogP contribution in [0.3, 0.4) is 0 Å². The minimum Gasteiger partial charge on any atom is -0.394 e. The molecule has 5 heteroatoms. The lowest BCUT2D eigenvalue weighted by Gasteiger charge is -2.38. The number of nitrogens with zero attached hydrogens (tertiary/aromatic N) is 1. The van der Waals surface area contributed by atoms with Gasteiger partial charge in [0.25, 0.3) is 0 Å². The molecule has 96 valence electrons. The second-order valence-electron chi connectivity index (χ2n) is 4.96. The minimum absolute atomic E-state index is 0.00365. The Hall–Kier alpha value is -1.43. The summed E-state index contributed by atoms with van der Waals surface area (Å²) in [5.41, 5.74) is 4.99. The number of amides is 1. The fourth-order valence-electron chi connectivity index (χ4n) is 3.17. The molecule has 2 aliphatic rings. The summed E-state index contributed by atoms with van der Waals surface area (Å²) in [7, 11) is 0. The van der Waals surface area contributed by atoms with Crippen LogP contribution in [-0.2, 0) is 11.2 Å². The molecule has 0 aliphatic carbocycles. The molecule has 2 aliphatic heterocycles. The van der Waals surface area contributed by atoms with Gasteiger partial charge in [-0.25, -0.2) is 5.43 Å². The van der Waals surface area contributed by atoms with Crippen LogP contribution >= 0.6 is 0 Å². The van der Waals surface area contributed by atoms with Crippen molar-refractivity contribution in [3.63, 3.8) is 0 Å². The molecule has 1 saturated heterocycles. The predicted molar refractivity (Wildman–Crippen MR) is 66.3 cm³/mol. The highest BCUT2D eigenvalue weighted by Gasteiger charge is 2.46. The molecule has 0 spiro atoms. The largest absolute Gasteiger partial charge is 0.394 e. The highest BCUT2D eigenvalue weighted by Crippen LogP contribution is 2.40. The standard InChI is InChI=1S/C13H17N3O2/c14-15-11-6-12-10-4-2-1-3-8(10)5-9(7-17)16(12)13(11)18/h1-4,9,11-12,15,17H,5-7,14H2/t9-,11-,12+/m0/s1. The van der Waals surface area contributed by atoms with Gasteiger partial charge in [-0.15, -0.1) is 0 Å². The van der Waals surface area contributed by atoms with Crippen molar-refractivity contribution in [2.45, 2.75) is 31.0 Å². The SMILES string of the molecule is NN[C@H]1C[C@@H]2c3ccccc3C[C@@H](CO)N2C1=O. The van der Waals surface area contributed by atoms with Gasteiger partial charge in [0.2, 0.25) is 5.91 Å². The Morgan fingerprint density at radius 2 is 2.22 bits per heavy atom. The zero-order chi connectivity index (χ0) is 12.7. The lowest BCUT2D eigenvalue weighted by molar-refractivity contribution is -0.134. The van der Waals surface area contributed by atoms with Gasteiger partial charge in [-0.05, 0) is 24.0 Å².